The largest absolute Gasteiger partial charge is 0.495 e. The molecule has 0 bridgehead atoms. The normalized spacial score (nSPS) is 11.5. The van der Waals surface area contributed by atoms with E-state index in [2.05, 4.69) is 4.72 Å². The van der Waals surface area contributed by atoms with Crippen LogP contribution in [0.1, 0.15) is 11.3 Å². The molecule has 0 saturated heterocycles. The number of benzene rings is 1. The molecule has 2 aromatic rings. The van der Waals surface area contributed by atoms with Crippen molar-refractivity contribution in [3.05, 3.63) is 47.9 Å². The maximum absolute atomic E-state index is 12.3. The van der Waals surface area contributed by atoms with Crippen LogP contribution >= 0.6 is 0 Å². The molecule has 0 atom stereocenters. The number of hydrogen-bond acceptors (Lipinski definition) is 5. The van der Waals surface area contributed by atoms with Crippen molar-refractivity contribution in [2.45, 2.75) is 17.9 Å². The van der Waals surface area contributed by atoms with Crippen LogP contribution in [0.3, 0.4) is 0 Å². The third kappa shape index (κ3) is 3.84. The Morgan fingerprint density at radius 1 is 1.33 bits per heavy atom. The summed E-state index contributed by atoms with van der Waals surface area (Å²) in [7, 11) is -2.32. The molecule has 0 aliphatic rings. The minimum atomic E-state index is -3.72. The Kier molecular flexibility index (Phi) is 5.00. The monoisotopic (exact) mass is 311 g/mol. The number of hydrogen-bond donors (Lipinski definition) is 2. The van der Waals surface area contributed by atoms with E-state index < -0.39 is 10.0 Å². The van der Waals surface area contributed by atoms with Gasteiger partial charge in [-0.2, -0.15) is 0 Å². The van der Waals surface area contributed by atoms with E-state index in [0.717, 1.165) is 0 Å². The third-order valence-corrected chi connectivity index (χ3v) is 4.43. The second kappa shape index (κ2) is 6.75. The number of rotatable bonds is 7. The van der Waals surface area contributed by atoms with Gasteiger partial charge in [0.2, 0.25) is 10.0 Å². The highest BCUT2D eigenvalue weighted by molar-refractivity contribution is 7.89. The highest BCUT2D eigenvalue weighted by Gasteiger charge is 2.19. The number of aliphatic hydroxyl groups excluding tert-OH is 1. The molecule has 0 aliphatic heterocycles. The van der Waals surface area contributed by atoms with Crippen LogP contribution in [-0.2, 0) is 23.1 Å². The van der Waals surface area contributed by atoms with Gasteiger partial charge in [-0.25, -0.2) is 13.1 Å². The molecule has 0 spiro atoms. The fraction of sp³-hybridized carbons (Fsp3) is 0.286. The molecule has 1 aromatic carbocycles. The van der Waals surface area contributed by atoms with Crippen molar-refractivity contribution in [2.24, 2.45) is 0 Å². The van der Waals surface area contributed by atoms with E-state index in [1.165, 1.54) is 25.5 Å². The van der Waals surface area contributed by atoms with Gasteiger partial charge in [0.25, 0.3) is 0 Å². The summed E-state index contributed by atoms with van der Waals surface area (Å²) in [6.07, 6.45) is 1.99. The molecule has 7 heteroatoms. The highest BCUT2D eigenvalue weighted by atomic mass is 32.2. The van der Waals surface area contributed by atoms with Gasteiger partial charge in [-0.15, -0.1) is 0 Å². The first-order valence-corrected chi connectivity index (χ1v) is 7.85. The van der Waals surface area contributed by atoms with Crippen LogP contribution in [0.25, 0.3) is 0 Å². The summed E-state index contributed by atoms with van der Waals surface area (Å²) in [5.74, 6) is 0.937. The Hall–Kier alpha value is -1.83. The molecular formula is C14H17NO5S. The van der Waals surface area contributed by atoms with Gasteiger partial charge >= 0.3 is 0 Å². The zero-order chi connectivity index (χ0) is 15.3. The molecule has 1 heterocycles. The van der Waals surface area contributed by atoms with Crippen molar-refractivity contribution in [3.8, 4) is 5.75 Å². The molecule has 2 N–H and O–H groups in total. The van der Waals surface area contributed by atoms with Crippen LogP contribution in [0.4, 0.5) is 0 Å². The molecule has 21 heavy (non-hydrogen) atoms. The standard InChI is InChI=1S/C14H17NO5S/c1-19-13-5-4-11(10-16)9-14(13)21(17,18)15-7-6-12-3-2-8-20-12/h2-5,8-9,15-16H,6-7,10H2,1H3. The first-order chi connectivity index (χ1) is 10.1. The fourth-order valence-corrected chi connectivity index (χ4v) is 3.12. The van der Waals surface area contributed by atoms with Crippen LogP contribution in [0.15, 0.2) is 45.9 Å². The average Bonchev–Trinajstić information content (AvgIpc) is 2.99. The summed E-state index contributed by atoms with van der Waals surface area (Å²) >= 11 is 0. The Morgan fingerprint density at radius 3 is 2.76 bits per heavy atom. The SMILES string of the molecule is COc1ccc(CO)cc1S(=O)(=O)NCCc1ccco1. The highest BCUT2D eigenvalue weighted by Crippen LogP contribution is 2.24. The molecule has 0 radical (unpaired) electrons. The topological polar surface area (TPSA) is 88.8 Å². The van der Waals surface area contributed by atoms with E-state index in [9.17, 15) is 8.42 Å². The summed E-state index contributed by atoms with van der Waals surface area (Å²) in [6, 6.07) is 8.06. The van der Waals surface area contributed by atoms with Crippen LogP contribution in [-0.4, -0.2) is 27.2 Å². The van der Waals surface area contributed by atoms with E-state index in [1.807, 2.05) is 0 Å². The number of furan rings is 1. The van der Waals surface area contributed by atoms with Gasteiger partial charge in [0.1, 0.15) is 16.4 Å². The van der Waals surface area contributed by atoms with Gasteiger partial charge in [-0.1, -0.05) is 6.07 Å². The molecule has 2 rings (SSSR count). The second-order valence-electron chi connectivity index (χ2n) is 4.37. The van der Waals surface area contributed by atoms with Crippen LogP contribution in [0.2, 0.25) is 0 Å². The lowest BCUT2D eigenvalue weighted by atomic mass is 10.2. The molecule has 0 amide bonds. The van der Waals surface area contributed by atoms with E-state index in [-0.39, 0.29) is 23.8 Å². The lowest BCUT2D eigenvalue weighted by Crippen LogP contribution is -2.26. The van der Waals surface area contributed by atoms with Crippen molar-refractivity contribution < 1.29 is 22.7 Å². The number of nitrogens with one attached hydrogen (secondary N) is 1. The van der Waals surface area contributed by atoms with Crippen molar-refractivity contribution in [1.82, 2.24) is 4.72 Å². The average molecular weight is 311 g/mol. The molecule has 1 aromatic heterocycles. The summed E-state index contributed by atoms with van der Waals surface area (Å²) < 4.78 is 37.3. The first kappa shape index (κ1) is 15.6. The van der Waals surface area contributed by atoms with E-state index >= 15 is 0 Å². The van der Waals surface area contributed by atoms with Gasteiger partial charge in [-0.05, 0) is 29.8 Å². The van der Waals surface area contributed by atoms with Gasteiger partial charge in [0.15, 0.2) is 0 Å². The lowest BCUT2D eigenvalue weighted by molar-refractivity contribution is 0.281. The molecule has 0 fully saturated rings. The second-order valence-corrected chi connectivity index (χ2v) is 6.11. The predicted octanol–water partition coefficient (Wildman–Crippen LogP) is 1.30. The zero-order valence-corrected chi connectivity index (χ0v) is 12.4. The number of aliphatic hydroxyl groups is 1. The summed E-state index contributed by atoms with van der Waals surface area (Å²) in [6.45, 7) is -0.0265. The minimum Gasteiger partial charge on any atom is -0.495 e. The molecule has 114 valence electrons. The first-order valence-electron chi connectivity index (χ1n) is 6.36. The van der Waals surface area contributed by atoms with Gasteiger partial charge in [-0.3, -0.25) is 0 Å². The maximum Gasteiger partial charge on any atom is 0.244 e. The Morgan fingerprint density at radius 2 is 2.14 bits per heavy atom. The number of methoxy groups -OCH3 is 1. The van der Waals surface area contributed by atoms with Crippen LogP contribution < -0.4 is 9.46 Å². The summed E-state index contributed by atoms with van der Waals surface area (Å²) in [5, 5.41) is 9.12. The molecular weight excluding hydrogens is 294 g/mol. The number of sulfonamides is 1. The van der Waals surface area contributed by atoms with E-state index in [1.54, 1.807) is 18.2 Å². The smallest absolute Gasteiger partial charge is 0.244 e. The van der Waals surface area contributed by atoms with Crippen molar-refractivity contribution in [1.29, 1.82) is 0 Å². The summed E-state index contributed by atoms with van der Waals surface area (Å²) in [5.41, 5.74) is 0.502. The van der Waals surface area contributed by atoms with Gasteiger partial charge in [0.05, 0.1) is 20.0 Å². The van der Waals surface area contributed by atoms with Gasteiger partial charge < -0.3 is 14.3 Å². The molecule has 0 aliphatic carbocycles. The van der Waals surface area contributed by atoms with Crippen LogP contribution in [0.5, 0.6) is 5.75 Å². The maximum atomic E-state index is 12.3. The van der Waals surface area contributed by atoms with Crippen molar-refractivity contribution in [3.63, 3.8) is 0 Å². The number of ether oxygens (including phenoxy) is 1. The van der Waals surface area contributed by atoms with E-state index in [0.29, 0.717) is 17.7 Å². The van der Waals surface area contributed by atoms with E-state index in [4.69, 9.17) is 14.3 Å². The quantitative estimate of drug-likeness (QED) is 0.804. The van der Waals surface area contributed by atoms with Crippen LogP contribution in [0, 0.1) is 0 Å². The van der Waals surface area contributed by atoms with Gasteiger partial charge in [0, 0.05) is 13.0 Å². The minimum absolute atomic E-state index is 0.0102. The third-order valence-electron chi connectivity index (χ3n) is 2.94. The lowest BCUT2D eigenvalue weighted by Gasteiger charge is -2.11. The van der Waals surface area contributed by atoms with Crippen molar-refractivity contribution >= 4 is 10.0 Å². The molecule has 0 saturated carbocycles. The summed E-state index contributed by atoms with van der Waals surface area (Å²) in [4.78, 5) is 0.0102. The Bertz CT molecular complexity index is 679. The van der Waals surface area contributed by atoms with Crippen molar-refractivity contribution in [2.75, 3.05) is 13.7 Å². The Balaban J connectivity index is 2.14. The fourth-order valence-electron chi connectivity index (χ4n) is 1.87. The molecule has 6 nitrogen and oxygen atoms in total. The molecule has 0 unspecified atom stereocenters. The Labute approximate surface area is 123 Å². The zero-order valence-electron chi connectivity index (χ0n) is 11.6. The predicted molar refractivity (Wildman–Crippen MR) is 76.5 cm³/mol.